The van der Waals surface area contributed by atoms with Gasteiger partial charge >= 0.3 is 0 Å². The van der Waals surface area contributed by atoms with Gasteiger partial charge in [-0.05, 0) is 37.1 Å². The van der Waals surface area contributed by atoms with Crippen LogP contribution in [0.5, 0.6) is 0 Å². The molecule has 0 bridgehead atoms. The lowest BCUT2D eigenvalue weighted by atomic mass is 10.2. The standard InChI is InChI=1S/C14H18BrN5O/c1-3-12(16)13-7-20(19-18-13)8-14(21)17-10-4-5-11(15)9(2)6-10/h4-7,12H,3,8,16H2,1-2H3,(H,17,21). The van der Waals surface area contributed by atoms with E-state index in [0.717, 1.165) is 22.1 Å². The monoisotopic (exact) mass is 351 g/mol. The van der Waals surface area contributed by atoms with Gasteiger partial charge in [-0.2, -0.15) is 0 Å². The summed E-state index contributed by atoms with van der Waals surface area (Å²) in [5.41, 5.74) is 8.39. The van der Waals surface area contributed by atoms with E-state index in [0.29, 0.717) is 5.69 Å². The molecule has 2 aromatic rings. The van der Waals surface area contributed by atoms with Crippen LogP contribution in [0.1, 0.15) is 30.6 Å². The lowest BCUT2D eigenvalue weighted by Crippen LogP contribution is -2.19. The molecule has 0 aliphatic rings. The zero-order valence-corrected chi connectivity index (χ0v) is 13.6. The van der Waals surface area contributed by atoms with E-state index in [4.69, 9.17) is 5.73 Å². The molecule has 21 heavy (non-hydrogen) atoms. The number of aromatic nitrogens is 3. The fraction of sp³-hybridized carbons (Fsp3) is 0.357. The van der Waals surface area contributed by atoms with Crippen molar-refractivity contribution in [1.82, 2.24) is 15.0 Å². The molecule has 0 radical (unpaired) electrons. The van der Waals surface area contributed by atoms with Crippen LogP contribution in [-0.2, 0) is 11.3 Å². The number of halogens is 1. The summed E-state index contributed by atoms with van der Waals surface area (Å²) in [7, 11) is 0. The first kappa shape index (κ1) is 15.7. The highest BCUT2D eigenvalue weighted by Gasteiger charge is 2.10. The summed E-state index contributed by atoms with van der Waals surface area (Å²) in [5.74, 6) is -0.154. The van der Waals surface area contributed by atoms with Crippen LogP contribution in [-0.4, -0.2) is 20.9 Å². The number of hydrogen-bond acceptors (Lipinski definition) is 4. The van der Waals surface area contributed by atoms with Crippen molar-refractivity contribution in [2.75, 3.05) is 5.32 Å². The van der Waals surface area contributed by atoms with Crippen LogP contribution < -0.4 is 11.1 Å². The van der Waals surface area contributed by atoms with Crippen LogP contribution in [0.15, 0.2) is 28.9 Å². The van der Waals surface area contributed by atoms with Crippen molar-refractivity contribution in [3.63, 3.8) is 0 Å². The molecule has 0 saturated heterocycles. The average molecular weight is 352 g/mol. The Morgan fingerprint density at radius 3 is 2.95 bits per heavy atom. The number of aryl methyl sites for hydroxylation is 1. The maximum absolute atomic E-state index is 12.0. The summed E-state index contributed by atoms with van der Waals surface area (Å²) in [4.78, 5) is 12.0. The molecular formula is C14H18BrN5O. The van der Waals surface area contributed by atoms with Crippen molar-refractivity contribution >= 4 is 27.5 Å². The SMILES string of the molecule is CCC(N)c1cn(CC(=O)Nc2ccc(Br)c(C)c2)nn1. The molecular weight excluding hydrogens is 334 g/mol. The first-order valence-corrected chi connectivity index (χ1v) is 7.50. The summed E-state index contributed by atoms with van der Waals surface area (Å²) in [5, 5.41) is 10.7. The molecule has 0 aliphatic heterocycles. The van der Waals surface area contributed by atoms with E-state index < -0.39 is 0 Å². The second kappa shape index (κ2) is 6.82. The minimum atomic E-state index is -0.154. The quantitative estimate of drug-likeness (QED) is 0.865. The number of amides is 1. The molecule has 112 valence electrons. The molecule has 3 N–H and O–H groups in total. The van der Waals surface area contributed by atoms with Crippen LogP contribution in [0.25, 0.3) is 0 Å². The van der Waals surface area contributed by atoms with Crippen molar-refractivity contribution in [2.24, 2.45) is 5.73 Å². The van der Waals surface area contributed by atoms with E-state index in [1.54, 1.807) is 6.20 Å². The third-order valence-corrected chi connectivity index (χ3v) is 4.01. The van der Waals surface area contributed by atoms with Crippen LogP contribution in [0.3, 0.4) is 0 Å². The molecule has 0 fully saturated rings. The van der Waals surface area contributed by atoms with Gasteiger partial charge in [0.15, 0.2) is 0 Å². The number of nitrogens with zero attached hydrogens (tertiary/aromatic N) is 3. The lowest BCUT2D eigenvalue weighted by molar-refractivity contribution is -0.116. The Balaban J connectivity index is 1.98. The lowest BCUT2D eigenvalue weighted by Gasteiger charge is -2.07. The zero-order valence-electron chi connectivity index (χ0n) is 12.0. The maximum Gasteiger partial charge on any atom is 0.246 e. The van der Waals surface area contributed by atoms with Gasteiger partial charge in [-0.3, -0.25) is 4.79 Å². The van der Waals surface area contributed by atoms with E-state index in [-0.39, 0.29) is 18.5 Å². The van der Waals surface area contributed by atoms with E-state index in [2.05, 4.69) is 31.6 Å². The van der Waals surface area contributed by atoms with Gasteiger partial charge in [0, 0.05) is 10.2 Å². The molecule has 6 nitrogen and oxygen atoms in total. The maximum atomic E-state index is 12.0. The molecule has 0 spiro atoms. The number of nitrogens with two attached hydrogens (primary N) is 1. The third kappa shape index (κ3) is 4.12. The fourth-order valence-electron chi connectivity index (χ4n) is 1.84. The molecule has 2 rings (SSSR count). The van der Waals surface area contributed by atoms with Crippen LogP contribution >= 0.6 is 15.9 Å². The Kier molecular flexibility index (Phi) is 5.08. The van der Waals surface area contributed by atoms with Gasteiger partial charge in [0.2, 0.25) is 5.91 Å². The average Bonchev–Trinajstić information content (AvgIpc) is 2.90. The largest absolute Gasteiger partial charge is 0.324 e. The molecule has 0 aliphatic carbocycles. The zero-order chi connectivity index (χ0) is 15.4. The van der Waals surface area contributed by atoms with Gasteiger partial charge in [0.25, 0.3) is 0 Å². The highest BCUT2D eigenvalue weighted by molar-refractivity contribution is 9.10. The number of carbonyl (C=O) groups is 1. The normalized spacial score (nSPS) is 12.2. The number of nitrogens with one attached hydrogen (secondary N) is 1. The first-order valence-electron chi connectivity index (χ1n) is 6.71. The number of rotatable bonds is 5. The highest BCUT2D eigenvalue weighted by atomic mass is 79.9. The second-order valence-corrected chi connectivity index (χ2v) is 5.72. The topological polar surface area (TPSA) is 85.8 Å². The smallest absolute Gasteiger partial charge is 0.246 e. The number of benzene rings is 1. The van der Waals surface area contributed by atoms with Crippen molar-refractivity contribution in [3.05, 3.63) is 40.1 Å². The van der Waals surface area contributed by atoms with Crippen LogP contribution in [0, 0.1) is 6.92 Å². The Bertz CT molecular complexity index is 640. The van der Waals surface area contributed by atoms with Crippen molar-refractivity contribution < 1.29 is 4.79 Å². The molecule has 1 atom stereocenters. The van der Waals surface area contributed by atoms with Gasteiger partial charge in [0.1, 0.15) is 6.54 Å². The predicted octanol–water partition coefficient (Wildman–Crippen LogP) is 2.40. The van der Waals surface area contributed by atoms with E-state index in [1.165, 1.54) is 4.68 Å². The van der Waals surface area contributed by atoms with Gasteiger partial charge in [0.05, 0.1) is 17.9 Å². The summed E-state index contributed by atoms with van der Waals surface area (Å²) in [6.45, 7) is 4.06. The molecule has 0 saturated carbocycles. The molecule has 1 unspecified atom stereocenters. The Hall–Kier alpha value is -1.73. The fourth-order valence-corrected chi connectivity index (χ4v) is 2.09. The number of anilines is 1. The van der Waals surface area contributed by atoms with Crippen molar-refractivity contribution in [3.8, 4) is 0 Å². The number of hydrogen-bond donors (Lipinski definition) is 2. The van der Waals surface area contributed by atoms with E-state index >= 15 is 0 Å². The third-order valence-electron chi connectivity index (χ3n) is 3.12. The Labute approximate surface area is 131 Å². The second-order valence-electron chi connectivity index (χ2n) is 4.87. The molecule has 1 aromatic heterocycles. The van der Waals surface area contributed by atoms with Gasteiger partial charge in [-0.15, -0.1) is 5.10 Å². The molecule has 7 heteroatoms. The van der Waals surface area contributed by atoms with E-state index in [9.17, 15) is 4.79 Å². The molecule has 1 heterocycles. The summed E-state index contributed by atoms with van der Waals surface area (Å²) in [6.07, 6.45) is 2.49. The Morgan fingerprint density at radius 1 is 1.52 bits per heavy atom. The first-order chi connectivity index (χ1) is 9.99. The van der Waals surface area contributed by atoms with Crippen LogP contribution in [0.4, 0.5) is 5.69 Å². The molecule has 1 amide bonds. The summed E-state index contributed by atoms with van der Waals surface area (Å²) < 4.78 is 2.50. The molecule has 1 aromatic carbocycles. The van der Waals surface area contributed by atoms with Gasteiger partial charge in [-0.1, -0.05) is 28.1 Å². The minimum absolute atomic E-state index is 0.110. The van der Waals surface area contributed by atoms with Gasteiger partial charge in [-0.25, -0.2) is 4.68 Å². The van der Waals surface area contributed by atoms with Gasteiger partial charge < -0.3 is 11.1 Å². The van der Waals surface area contributed by atoms with E-state index in [1.807, 2.05) is 32.0 Å². The Morgan fingerprint density at radius 2 is 2.29 bits per heavy atom. The van der Waals surface area contributed by atoms with Crippen molar-refractivity contribution in [2.45, 2.75) is 32.9 Å². The summed E-state index contributed by atoms with van der Waals surface area (Å²) in [6, 6.07) is 5.51. The van der Waals surface area contributed by atoms with Crippen molar-refractivity contribution in [1.29, 1.82) is 0 Å². The highest BCUT2D eigenvalue weighted by Crippen LogP contribution is 2.20. The summed E-state index contributed by atoms with van der Waals surface area (Å²) >= 11 is 3.43. The minimum Gasteiger partial charge on any atom is -0.324 e. The predicted molar refractivity (Wildman–Crippen MR) is 84.8 cm³/mol. The number of carbonyl (C=O) groups excluding carboxylic acids is 1. The van der Waals surface area contributed by atoms with Crippen LogP contribution in [0.2, 0.25) is 0 Å².